The number of fused-ring (bicyclic) bond motifs is 1. The van der Waals surface area contributed by atoms with Crippen LogP contribution in [0.25, 0.3) is 22.3 Å². The first-order valence-electron chi connectivity index (χ1n) is 10.7. The molecule has 1 aromatic carbocycles. The lowest BCUT2D eigenvalue weighted by molar-refractivity contribution is -0.0498. The minimum atomic E-state index is -2.93. The molecule has 4 rings (SSSR count). The number of halogens is 2. The van der Waals surface area contributed by atoms with Gasteiger partial charge in [-0.2, -0.15) is 13.9 Å². The van der Waals surface area contributed by atoms with E-state index in [2.05, 4.69) is 20.1 Å². The number of hydrogen-bond acceptors (Lipinski definition) is 6. The number of carbonyl (C=O) groups excluding carboxylic acids is 1. The maximum absolute atomic E-state index is 13.0. The average molecular weight is 460 g/mol. The topological polar surface area (TPSA) is 98.5 Å². The second kappa shape index (κ2) is 9.03. The van der Waals surface area contributed by atoms with Crippen molar-refractivity contribution in [2.24, 2.45) is 0 Å². The van der Waals surface area contributed by atoms with E-state index in [9.17, 15) is 18.7 Å². The van der Waals surface area contributed by atoms with Crippen molar-refractivity contribution in [1.29, 1.82) is 0 Å². The van der Waals surface area contributed by atoms with Gasteiger partial charge in [-0.1, -0.05) is 12.1 Å². The fourth-order valence-electron chi connectivity index (χ4n) is 3.96. The largest absolute Gasteiger partial charge is 0.435 e. The smallest absolute Gasteiger partial charge is 0.387 e. The molecule has 176 valence electrons. The molecule has 3 heterocycles. The number of ether oxygens (including phenoxy) is 2. The van der Waals surface area contributed by atoms with Gasteiger partial charge >= 0.3 is 6.61 Å². The van der Waals surface area contributed by atoms with Crippen LogP contribution in [0, 0.1) is 0 Å². The minimum Gasteiger partial charge on any atom is -0.435 e. The zero-order valence-electron chi connectivity index (χ0n) is 18.6. The summed E-state index contributed by atoms with van der Waals surface area (Å²) in [5.74, 6) is -0.353. The van der Waals surface area contributed by atoms with Crippen LogP contribution < -0.4 is 10.1 Å². The van der Waals surface area contributed by atoms with Crippen molar-refractivity contribution in [2.45, 2.75) is 51.5 Å². The van der Waals surface area contributed by atoms with E-state index in [0.29, 0.717) is 40.9 Å². The lowest BCUT2D eigenvalue weighted by Gasteiger charge is -2.31. The van der Waals surface area contributed by atoms with E-state index in [0.717, 1.165) is 0 Å². The number of rotatable bonds is 7. The Balaban J connectivity index is 1.73. The summed E-state index contributed by atoms with van der Waals surface area (Å²) in [6.07, 6.45) is 1.17. The van der Waals surface area contributed by atoms with Crippen molar-refractivity contribution in [3.05, 3.63) is 42.1 Å². The second-order valence-electron chi connectivity index (χ2n) is 8.47. The molecule has 8 nitrogen and oxygen atoms in total. The summed E-state index contributed by atoms with van der Waals surface area (Å²) < 4.78 is 36.9. The summed E-state index contributed by atoms with van der Waals surface area (Å²) in [7, 11) is 0. The molecule has 2 N–H and O–H groups in total. The highest BCUT2D eigenvalue weighted by atomic mass is 19.3. The van der Waals surface area contributed by atoms with Gasteiger partial charge in [0, 0.05) is 24.4 Å². The third kappa shape index (κ3) is 4.53. The molecule has 0 saturated carbocycles. The van der Waals surface area contributed by atoms with E-state index in [-0.39, 0.29) is 24.3 Å². The molecule has 10 heteroatoms. The van der Waals surface area contributed by atoms with Crippen molar-refractivity contribution >= 4 is 16.9 Å². The molecule has 0 unspecified atom stereocenters. The molecule has 0 radical (unpaired) electrons. The van der Waals surface area contributed by atoms with Crippen LogP contribution in [0.3, 0.4) is 0 Å². The van der Waals surface area contributed by atoms with E-state index in [1.54, 1.807) is 29.8 Å². The lowest BCUT2D eigenvalue weighted by Crippen LogP contribution is -2.56. The van der Waals surface area contributed by atoms with Crippen molar-refractivity contribution in [3.8, 4) is 17.0 Å². The molecular formula is C23H26F2N4O4. The average Bonchev–Trinajstić information content (AvgIpc) is 3.38. The first-order valence-corrected chi connectivity index (χ1v) is 10.7. The predicted molar refractivity (Wildman–Crippen MR) is 117 cm³/mol. The van der Waals surface area contributed by atoms with E-state index >= 15 is 0 Å². The predicted octanol–water partition coefficient (Wildman–Crippen LogP) is 3.55. The molecule has 0 spiro atoms. The summed E-state index contributed by atoms with van der Waals surface area (Å²) >= 11 is 0. The number of carbonyl (C=O) groups is 1. The van der Waals surface area contributed by atoms with Crippen LogP contribution in [0.2, 0.25) is 0 Å². The Morgan fingerprint density at radius 3 is 2.73 bits per heavy atom. The van der Waals surface area contributed by atoms with E-state index < -0.39 is 18.3 Å². The minimum absolute atomic E-state index is 0.0212. The third-order valence-electron chi connectivity index (χ3n) is 5.84. The Morgan fingerprint density at radius 2 is 2.09 bits per heavy atom. The van der Waals surface area contributed by atoms with Gasteiger partial charge in [-0.3, -0.25) is 14.5 Å². The number of alkyl halides is 2. The summed E-state index contributed by atoms with van der Waals surface area (Å²) in [5.41, 5.74) is 1.69. The molecule has 3 aromatic rings. The van der Waals surface area contributed by atoms with E-state index in [1.807, 2.05) is 13.8 Å². The normalized spacial score (nSPS) is 19.4. The fourth-order valence-corrected chi connectivity index (χ4v) is 3.96. The van der Waals surface area contributed by atoms with Crippen LogP contribution in [0.1, 0.15) is 43.6 Å². The summed E-state index contributed by atoms with van der Waals surface area (Å²) in [6, 6.07) is 7.91. The molecule has 0 aliphatic carbocycles. The zero-order valence-corrected chi connectivity index (χ0v) is 18.6. The van der Waals surface area contributed by atoms with Crippen LogP contribution in [-0.2, 0) is 4.74 Å². The molecule has 1 aliphatic heterocycles. The van der Waals surface area contributed by atoms with Gasteiger partial charge in [-0.25, -0.2) is 0 Å². The molecule has 1 saturated heterocycles. The number of aromatic nitrogens is 3. The van der Waals surface area contributed by atoms with Crippen molar-refractivity contribution < 1.29 is 28.2 Å². The van der Waals surface area contributed by atoms with Gasteiger partial charge in [-0.05, 0) is 45.4 Å². The van der Waals surface area contributed by atoms with Crippen molar-refractivity contribution in [1.82, 2.24) is 20.1 Å². The SMILES string of the molecule is CC(C)n1nc(-c2cccc(OC(F)F)c2)c2ncc(C(=O)N[C@]3([C@H](C)O)CCOC3)cc21. The molecule has 1 amide bonds. The number of benzene rings is 1. The molecule has 1 fully saturated rings. The van der Waals surface area contributed by atoms with Crippen LogP contribution in [0.4, 0.5) is 8.78 Å². The highest BCUT2D eigenvalue weighted by Crippen LogP contribution is 2.31. The molecule has 2 aromatic heterocycles. The number of aliphatic hydroxyl groups is 1. The molecule has 1 aliphatic rings. The first-order chi connectivity index (χ1) is 15.7. The standard InChI is InChI=1S/C23H26F2N4O4/c1-13(2)29-18-10-16(21(31)27-23(14(3)30)7-8-32-12-23)11-26-20(18)19(28-29)15-5-4-6-17(9-15)33-22(24)25/h4-6,9-11,13-14,22,30H,7-8,12H2,1-3H3,(H,27,31)/t14-,23+/m0/s1. The van der Waals surface area contributed by atoms with Gasteiger partial charge in [0.1, 0.15) is 17.0 Å². The molecule has 2 atom stereocenters. The van der Waals surface area contributed by atoms with Crippen LogP contribution in [0.5, 0.6) is 5.75 Å². The van der Waals surface area contributed by atoms with Gasteiger partial charge in [0.05, 0.1) is 29.3 Å². The maximum Gasteiger partial charge on any atom is 0.387 e. The quantitative estimate of drug-likeness (QED) is 0.560. The second-order valence-corrected chi connectivity index (χ2v) is 8.47. The zero-order chi connectivity index (χ0) is 23.8. The van der Waals surface area contributed by atoms with Crippen molar-refractivity contribution in [2.75, 3.05) is 13.2 Å². The Morgan fingerprint density at radius 1 is 1.30 bits per heavy atom. The lowest BCUT2D eigenvalue weighted by atomic mass is 9.92. The van der Waals surface area contributed by atoms with Gasteiger partial charge in [0.25, 0.3) is 5.91 Å². The molecule has 33 heavy (non-hydrogen) atoms. The third-order valence-corrected chi connectivity index (χ3v) is 5.84. The van der Waals surface area contributed by atoms with E-state index in [1.165, 1.54) is 18.3 Å². The maximum atomic E-state index is 13.0. The summed E-state index contributed by atoms with van der Waals surface area (Å²) in [5, 5.41) is 17.8. The Hall–Kier alpha value is -3.11. The Kier molecular flexibility index (Phi) is 6.31. The number of aliphatic hydroxyl groups excluding tert-OH is 1. The van der Waals surface area contributed by atoms with Crippen molar-refractivity contribution in [3.63, 3.8) is 0 Å². The summed E-state index contributed by atoms with van der Waals surface area (Å²) in [4.78, 5) is 17.5. The highest BCUT2D eigenvalue weighted by Gasteiger charge is 2.41. The number of amides is 1. The van der Waals surface area contributed by atoms with Gasteiger partial charge in [-0.15, -0.1) is 0 Å². The van der Waals surface area contributed by atoms with Gasteiger partial charge < -0.3 is 19.9 Å². The van der Waals surface area contributed by atoms with Crippen LogP contribution in [0.15, 0.2) is 36.5 Å². The number of hydrogen-bond donors (Lipinski definition) is 2. The van der Waals surface area contributed by atoms with Crippen LogP contribution >= 0.6 is 0 Å². The monoisotopic (exact) mass is 460 g/mol. The molecular weight excluding hydrogens is 434 g/mol. The number of nitrogens with zero attached hydrogens (tertiary/aromatic N) is 3. The number of pyridine rings is 1. The first kappa shape index (κ1) is 23.1. The van der Waals surface area contributed by atoms with E-state index in [4.69, 9.17) is 4.74 Å². The fraction of sp³-hybridized carbons (Fsp3) is 0.435. The number of nitrogens with one attached hydrogen (secondary N) is 1. The Labute approximate surface area is 189 Å². The summed E-state index contributed by atoms with van der Waals surface area (Å²) in [6.45, 7) is 3.27. The van der Waals surface area contributed by atoms with Crippen LogP contribution in [-0.4, -0.2) is 57.2 Å². The van der Waals surface area contributed by atoms with Gasteiger partial charge in [0.2, 0.25) is 0 Å². The Bertz CT molecular complexity index is 1160. The van der Waals surface area contributed by atoms with Gasteiger partial charge in [0.15, 0.2) is 0 Å². The molecule has 0 bridgehead atoms. The highest BCUT2D eigenvalue weighted by molar-refractivity contribution is 5.99.